The van der Waals surface area contributed by atoms with E-state index in [9.17, 15) is 4.79 Å². The number of hydrogen-bond donors (Lipinski definition) is 1. The van der Waals surface area contributed by atoms with Gasteiger partial charge in [0.25, 0.3) is 0 Å². The molecule has 0 bridgehead atoms. The largest absolute Gasteiger partial charge is 0.359 e. The highest BCUT2D eigenvalue weighted by Gasteiger charge is 2.40. The molecule has 1 N–H and O–H groups in total. The van der Waals surface area contributed by atoms with Crippen LogP contribution in [0.25, 0.3) is 0 Å². The van der Waals surface area contributed by atoms with Crippen LogP contribution in [0.15, 0.2) is 0 Å². The van der Waals surface area contributed by atoms with Gasteiger partial charge >= 0.3 is 0 Å². The fourth-order valence-electron chi connectivity index (χ4n) is 3.46. The molecular formula is C12H21NO. The number of rotatable bonds is 2. The number of nitrogens with one attached hydrogen (secondary N) is 1. The Balaban J connectivity index is 1.92. The summed E-state index contributed by atoms with van der Waals surface area (Å²) in [6.07, 6.45) is 6.87. The summed E-state index contributed by atoms with van der Waals surface area (Å²) in [6, 6.07) is 0. The van der Waals surface area contributed by atoms with Gasteiger partial charge in [0.05, 0.1) is 0 Å². The minimum Gasteiger partial charge on any atom is -0.359 e. The first kappa shape index (κ1) is 10.0. The summed E-state index contributed by atoms with van der Waals surface area (Å²) in [5.74, 6) is 3.02. The summed E-state index contributed by atoms with van der Waals surface area (Å²) in [5.41, 5.74) is 0. The first-order valence-corrected chi connectivity index (χ1v) is 5.94. The van der Waals surface area contributed by atoms with Gasteiger partial charge in [0, 0.05) is 13.0 Å². The van der Waals surface area contributed by atoms with Crippen molar-refractivity contribution in [3.05, 3.63) is 0 Å². The number of hydrogen-bond acceptors (Lipinski definition) is 1. The quantitative estimate of drug-likeness (QED) is 0.719. The normalized spacial score (nSPS) is 38.0. The third-order valence-corrected chi connectivity index (χ3v) is 4.39. The Morgan fingerprint density at radius 3 is 2.36 bits per heavy atom. The topological polar surface area (TPSA) is 29.1 Å². The van der Waals surface area contributed by atoms with E-state index in [1.54, 1.807) is 7.05 Å². The lowest BCUT2D eigenvalue weighted by Gasteiger charge is -2.18. The first-order valence-electron chi connectivity index (χ1n) is 5.94. The predicted molar refractivity (Wildman–Crippen MR) is 56.8 cm³/mol. The van der Waals surface area contributed by atoms with E-state index in [1.807, 2.05) is 0 Å². The SMILES string of the molecule is CNC(=O)[C@@H](C)[C@@H]1C[C@H]2CCC[C@H]2C1. The lowest BCUT2D eigenvalue weighted by Crippen LogP contribution is -2.29. The van der Waals surface area contributed by atoms with Crippen molar-refractivity contribution in [3.8, 4) is 0 Å². The van der Waals surface area contributed by atoms with Crippen molar-refractivity contribution in [2.75, 3.05) is 7.05 Å². The van der Waals surface area contributed by atoms with Crippen LogP contribution in [0.5, 0.6) is 0 Å². The second-order valence-corrected chi connectivity index (χ2v) is 5.09. The summed E-state index contributed by atoms with van der Waals surface area (Å²) in [6.45, 7) is 2.09. The molecule has 2 heteroatoms. The molecule has 2 nitrogen and oxygen atoms in total. The van der Waals surface area contributed by atoms with Crippen molar-refractivity contribution in [2.45, 2.75) is 39.0 Å². The van der Waals surface area contributed by atoms with Gasteiger partial charge in [0.15, 0.2) is 0 Å². The summed E-state index contributed by atoms with van der Waals surface area (Å²) >= 11 is 0. The van der Waals surface area contributed by atoms with Crippen LogP contribution >= 0.6 is 0 Å². The highest BCUT2D eigenvalue weighted by molar-refractivity contribution is 5.78. The van der Waals surface area contributed by atoms with Gasteiger partial charge in [-0.15, -0.1) is 0 Å². The molecule has 80 valence electrons. The highest BCUT2D eigenvalue weighted by Crippen LogP contribution is 2.48. The van der Waals surface area contributed by atoms with Crippen LogP contribution < -0.4 is 5.32 Å². The molecule has 0 unspecified atom stereocenters. The van der Waals surface area contributed by atoms with Crippen molar-refractivity contribution in [1.29, 1.82) is 0 Å². The van der Waals surface area contributed by atoms with Crippen molar-refractivity contribution in [1.82, 2.24) is 5.32 Å². The van der Waals surface area contributed by atoms with Crippen LogP contribution in [-0.4, -0.2) is 13.0 Å². The van der Waals surface area contributed by atoms with Crippen LogP contribution in [-0.2, 0) is 4.79 Å². The van der Waals surface area contributed by atoms with Crippen LogP contribution in [0, 0.1) is 23.7 Å². The Kier molecular flexibility index (Phi) is 2.80. The Labute approximate surface area is 86.5 Å². The Bertz CT molecular complexity index is 214. The first-order chi connectivity index (χ1) is 6.72. The second kappa shape index (κ2) is 3.92. The molecule has 2 saturated carbocycles. The smallest absolute Gasteiger partial charge is 0.222 e. The molecule has 0 saturated heterocycles. The Morgan fingerprint density at radius 2 is 1.86 bits per heavy atom. The van der Waals surface area contributed by atoms with Crippen LogP contribution in [0.4, 0.5) is 0 Å². The van der Waals surface area contributed by atoms with Crippen molar-refractivity contribution < 1.29 is 4.79 Å². The zero-order valence-corrected chi connectivity index (χ0v) is 9.25. The molecule has 0 heterocycles. The van der Waals surface area contributed by atoms with E-state index in [2.05, 4.69) is 12.2 Å². The van der Waals surface area contributed by atoms with Gasteiger partial charge in [-0.25, -0.2) is 0 Å². The van der Waals surface area contributed by atoms with Gasteiger partial charge < -0.3 is 5.32 Å². The summed E-state index contributed by atoms with van der Waals surface area (Å²) in [7, 11) is 1.74. The summed E-state index contributed by atoms with van der Waals surface area (Å²) in [4.78, 5) is 11.5. The van der Waals surface area contributed by atoms with Gasteiger partial charge in [-0.05, 0) is 30.6 Å². The highest BCUT2D eigenvalue weighted by atomic mass is 16.1. The van der Waals surface area contributed by atoms with Gasteiger partial charge in [-0.1, -0.05) is 26.2 Å². The maximum Gasteiger partial charge on any atom is 0.222 e. The molecule has 0 aromatic rings. The zero-order valence-electron chi connectivity index (χ0n) is 9.25. The number of carbonyl (C=O) groups excluding carboxylic acids is 1. The molecule has 0 spiro atoms. The van der Waals surface area contributed by atoms with Gasteiger partial charge in [0.2, 0.25) is 5.91 Å². The maximum atomic E-state index is 11.5. The van der Waals surface area contributed by atoms with Gasteiger partial charge in [-0.2, -0.15) is 0 Å². The molecule has 1 amide bonds. The number of amides is 1. The van der Waals surface area contributed by atoms with E-state index in [0.29, 0.717) is 5.92 Å². The van der Waals surface area contributed by atoms with Crippen molar-refractivity contribution in [3.63, 3.8) is 0 Å². The van der Waals surface area contributed by atoms with E-state index < -0.39 is 0 Å². The molecule has 2 rings (SSSR count). The zero-order chi connectivity index (χ0) is 10.1. The van der Waals surface area contributed by atoms with E-state index in [0.717, 1.165) is 11.8 Å². The monoisotopic (exact) mass is 195 g/mol. The van der Waals surface area contributed by atoms with Gasteiger partial charge in [0.1, 0.15) is 0 Å². The molecule has 2 fully saturated rings. The van der Waals surface area contributed by atoms with E-state index in [1.165, 1.54) is 32.1 Å². The van der Waals surface area contributed by atoms with E-state index in [4.69, 9.17) is 0 Å². The van der Waals surface area contributed by atoms with Crippen LogP contribution in [0.2, 0.25) is 0 Å². The fourth-order valence-corrected chi connectivity index (χ4v) is 3.46. The minimum absolute atomic E-state index is 0.227. The van der Waals surface area contributed by atoms with Crippen molar-refractivity contribution >= 4 is 5.91 Å². The number of fused-ring (bicyclic) bond motifs is 1. The molecule has 2 aliphatic carbocycles. The predicted octanol–water partition coefficient (Wildman–Crippen LogP) is 2.19. The Hall–Kier alpha value is -0.530. The molecule has 0 aromatic carbocycles. The molecule has 0 radical (unpaired) electrons. The molecule has 4 atom stereocenters. The molecular weight excluding hydrogens is 174 g/mol. The average molecular weight is 195 g/mol. The average Bonchev–Trinajstić information content (AvgIpc) is 2.74. The second-order valence-electron chi connectivity index (χ2n) is 5.09. The lowest BCUT2D eigenvalue weighted by atomic mass is 9.89. The minimum atomic E-state index is 0.227. The van der Waals surface area contributed by atoms with Crippen LogP contribution in [0.3, 0.4) is 0 Å². The maximum absolute atomic E-state index is 11.5. The third-order valence-electron chi connectivity index (χ3n) is 4.39. The van der Waals surface area contributed by atoms with Crippen LogP contribution in [0.1, 0.15) is 39.0 Å². The summed E-state index contributed by atoms with van der Waals surface area (Å²) in [5, 5.41) is 2.77. The van der Waals surface area contributed by atoms with E-state index >= 15 is 0 Å². The fraction of sp³-hybridized carbons (Fsp3) is 0.917. The van der Waals surface area contributed by atoms with Crippen molar-refractivity contribution in [2.24, 2.45) is 23.7 Å². The molecule has 14 heavy (non-hydrogen) atoms. The number of carbonyl (C=O) groups is 1. The Morgan fingerprint density at radius 1 is 1.29 bits per heavy atom. The van der Waals surface area contributed by atoms with E-state index in [-0.39, 0.29) is 11.8 Å². The third kappa shape index (κ3) is 1.67. The standard InChI is InChI=1S/C12H21NO/c1-8(12(14)13-2)11-6-9-4-3-5-10(9)7-11/h8-11H,3-7H2,1-2H3,(H,13,14)/t8-,9-,10+,11-/m0/s1. The van der Waals surface area contributed by atoms with Gasteiger partial charge in [-0.3, -0.25) is 4.79 Å². The summed E-state index contributed by atoms with van der Waals surface area (Å²) < 4.78 is 0. The lowest BCUT2D eigenvalue weighted by molar-refractivity contribution is -0.125. The molecule has 0 aliphatic heterocycles. The molecule has 0 aromatic heterocycles. The molecule has 2 aliphatic rings.